The third kappa shape index (κ3) is 0.665. The number of hydrogen-bond donors (Lipinski definition) is 2. The van der Waals surface area contributed by atoms with Crippen LogP contribution in [0.1, 0.15) is 0 Å². The largest absolute Gasteiger partial charge is 0.384 e. The van der Waals surface area contributed by atoms with Crippen LogP contribution in [-0.4, -0.2) is 19.5 Å². The van der Waals surface area contributed by atoms with Crippen LogP contribution >= 0.6 is 0 Å². The van der Waals surface area contributed by atoms with Gasteiger partial charge >= 0.3 is 0 Å². The molecule has 1 aliphatic heterocycles. The van der Waals surface area contributed by atoms with Crippen molar-refractivity contribution in [1.29, 1.82) is 0 Å². The first-order valence-corrected chi connectivity index (χ1v) is 2.50. The number of hydrogen-bond acceptors (Lipinski definition) is 2. The van der Waals surface area contributed by atoms with Crippen LogP contribution < -0.4 is 10.6 Å². The fourth-order valence-electron chi connectivity index (χ4n) is 0.649. The topological polar surface area (TPSA) is 41.1 Å². The fraction of sp³-hybridized carbons (Fsp3) is 0.400. The summed E-state index contributed by atoms with van der Waals surface area (Å²) in [5.41, 5.74) is 0.671. The summed E-state index contributed by atoms with van der Waals surface area (Å²) in [6.45, 7) is 0.662. The van der Waals surface area contributed by atoms with Crippen LogP contribution in [0.3, 0.4) is 0 Å². The first-order chi connectivity index (χ1) is 3.84. The summed E-state index contributed by atoms with van der Waals surface area (Å²) in [6.07, 6.45) is 1.82. The molecule has 2 N–H and O–H groups in total. The zero-order valence-corrected chi connectivity index (χ0v) is 4.69. The van der Waals surface area contributed by atoms with Crippen molar-refractivity contribution in [2.75, 3.05) is 13.6 Å². The first kappa shape index (κ1) is 5.15. The molecule has 0 saturated carbocycles. The van der Waals surface area contributed by atoms with Crippen molar-refractivity contribution in [3.63, 3.8) is 0 Å². The van der Waals surface area contributed by atoms with Crippen LogP contribution in [-0.2, 0) is 4.79 Å². The van der Waals surface area contributed by atoms with Gasteiger partial charge < -0.3 is 10.6 Å². The Bertz CT molecular complexity index is 139. The molecule has 0 atom stereocenters. The van der Waals surface area contributed by atoms with Gasteiger partial charge in [-0.05, 0) is 6.08 Å². The van der Waals surface area contributed by atoms with Crippen molar-refractivity contribution in [3.8, 4) is 0 Å². The Morgan fingerprint density at radius 1 is 1.88 bits per heavy atom. The van der Waals surface area contributed by atoms with Gasteiger partial charge in [-0.3, -0.25) is 4.79 Å². The molecule has 0 aliphatic carbocycles. The maximum atomic E-state index is 10.6. The molecule has 0 fully saturated rings. The molecule has 0 aromatic rings. The Hall–Kier alpha value is -0.990. The van der Waals surface area contributed by atoms with Crippen molar-refractivity contribution in [2.24, 2.45) is 0 Å². The Labute approximate surface area is 47.8 Å². The van der Waals surface area contributed by atoms with E-state index in [-0.39, 0.29) is 5.91 Å². The average molecular weight is 112 g/mol. The summed E-state index contributed by atoms with van der Waals surface area (Å²) in [7, 11) is 1.73. The molecule has 1 heterocycles. The highest BCUT2D eigenvalue weighted by Gasteiger charge is 2.10. The molecule has 0 unspecified atom stereocenters. The van der Waals surface area contributed by atoms with Crippen LogP contribution in [0.5, 0.6) is 0 Å². The van der Waals surface area contributed by atoms with Gasteiger partial charge in [0.15, 0.2) is 0 Å². The van der Waals surface area contributed by atoms with Crippen molar-refractivity contribution in [1.82, 2.24) is 10.6 Å². The molecule has 0 radical (unpaired) electrons. The lowest BCUT2D eigenvalue weighted by atomic mass is 10.4. The number of carbonyl (C=O) groups is 1. The Balaban J connectivity index is 2.62. The van der Waals surface area contributed by atoms with E-state index in [2.05, 4.69) is 10.6 Å². The summed E-state index contributed by atoms with van der Waals surface area (Å²) in [4.78, 5) is 10.6. The zero-order chi connectivity index (χ0) is 5.98. The summed E-state index contributed by atoms with van der Waals surface area (Å²) in [6, 6.07) is 0. The molecule has 3 heteroatoms. The second kappa shape index (κ2) is 1.86. The summed E-state index contributed by atoms with van der Waals surface area (Å²) >= 11 is 0. The van der Waals surface area contributed by atoms with E-state index in [0.29, 0.717) is 12.2 Å². The van der Waals surface area contributed by atoms with Crippen molar-refractivity contribution < 1.29 is 4.79 Å². The smallest absolute Gasteiger partial charge is 0.267 e. The van der Waals surface area contributed by atoms with Gasteiger partial charge in [-0.1, -0.05) is 0 Å². The maximum absolute atomic E-state index is 10.6. The predicted octanol–water partition coefficient (Wildman–Crippen LogP) is -0.781. The number of carbonyl (C=O) groups excluding carboxylic acids is 1. The molecule has 1 rings (SSSR count). The van der Waals surface area contributed by atoms with Gasteiger partial charge in [0.05, 0.1) is 5.70 Å². The van der Waals surface area contributed by atoms with Crippen molar-refractivity contribution >= 4 is 5.91 Å². The standard InChI is InChI=1S/C5H8N2O/c1-6-4-2-3-7-5(4)8/h2,6H,3H2,1H3,(H,7,8). The molecule has 0 spiro atoms. The normalized spacial score (nSPS) is 17.6. The quantitative estimate of drug-likeness (QED) is 0.467. The molecule has 0 aromatic heterocycles. The van der Waals surface area contributed by atoms with Crippen molar-refractivity contribution in [2.45, 2.75) is 0 Å². The maximum Gasteiger partial charge on any atom is 0.267 e. The molecule has 1 amide bonds. The first-order valence-electron chi connectivity index (χ1n) is 2.50. The van der Waals surface area contributed by atoms with Crippen molar-refractivity contribution in [3.05, 3.63) is 11.8 Å². The van der Waals surface area contributed by atoms with Gasteiger partial charge in [0.2, 0.25) is 0 Å². The van der Waals surface area contributed by atoms with Crippen LogP contribution in [0.2, 0.25) is 0 Å². The lowest BCUT2D eigenvalue weighted by Gasteiger charge is -1.94. The minimum atomic E-state index is -0.00694. The molecule has 3 nitrogen and oxygen atoms in total. The number of likely N-dealkylation sites (N-methyl/N-ethyl adjacent to an activating group) is 1. The van der Waals surface area contributed by atoms with E-state index < -0.39 is 0 Å². The number of rotatable bonds is 1. The molecule has 8 heavy (non-hydrogen) atoms. The van der Waals surface area contributed by atoms with Gasteiger partial charge in [0, 0.05) is 13.6 Å². The molecule has 0 bridgehead atoms. The molecule has 0 saturated heterocycles. The summed E-state index contributed by atoms with van der Waals surface area (Å²) < 4.78 is 0. The lowest BCUT2D eigenvalue weighted by Crippen LogP contribution is -2.22. The third-order valence-electron chi connectivity index (χ3n) is 1.08. The van der Waals surface area contributed by atoms with E-state index in [0.717, 1.165) is 0 Å². The molecular weight excluding hydrogens is 104 g/mol. The van der Waals surface area contributed by atoms with Gasteiger partial charge in [-0.25, -0.2) is 0 Å². The zero-order valence-electron chi connectivity index (χ0n) is 4.69. The monoisotopic (exact) mass is 112 g/mol. The number of nitrogens with one attached hydrogen (secondary N) is 2. The Morgan fingerprint density at radius 3 is 2.88 bits per heavy atom. The molecular formula is C5H8N2O. The van der Waals surface area contributed by atoms with E-state index in [4.69, 9.17) is 0 Å². The lowest BCUT2D eigenvalue weighted by molar-refractivity contribution is -0.116. The second-order valence-electron chi connectivity index (χ2n) is 1.58. The average Bonchev–Trinajstić information content (AvgIpc) is 2.14. The Kier molecular flexibility index (Phi) is 1.20. The van der Waals surface area contributed by atoms with Crippen LogP contribution in [0.4, 0.5) is 0 Å². The van der Waals surface area contributed by atoms with E-state index in [1.165, 1.54) is 0 Å². The van der Waals surface area contributed by atoms with E-state index in [9.17, 15) is 4.79 Å². The third-order valence-corrected chi connectivity index (χ3v) is 1.08. The van der Waals surface area contributed by atoms with E-state index in [1.54, 1.807) is 7.05 Å². The Morgan fingerprint density at radius 2 is 2.62 bits per heavy atom. The van der Waals surface area contributed by atoms with Crippen LogP contribution in [0.15, 0.2) is 11.8 Å². The van der Waals surface area contributed by atoms with E-state index >= 15 is 0 Å². The van der Waals surface area contributed by atoms with Crippen LogP contribution in [0, 0.1) is 0 Å². The molecule has 44 valence electrons. The van der Waals surface area contributed by atoms with Gasteiger partial charge in [0.25, 0.3) is 5.91 Å². The number of amides is 1. The minimum Gasteiger partial charge on any atom is -0.384 e. The van der Waals surface area contributed by atoms with Gasteiger partial charge in [-0.2, -0.15) is 0 Å². The molecule has 1 aliphatic rings. The predicted molar refractivity (Wildman–Crippen MR) is 30.2 cm³/mol. The van der Waals surface area contributed by atoms with E-state index in [1.807, 2.05) is 6.08 Å². The van der Waals surface area contributed by atoms with Gasteiger partial charge in [0.1, 0.15) is 0 Å². The fourth-order valence-corrected chi connectivity index (χ4v) is 0.649. The second-order valence-corrected chi connectivity index (χ2v) is 1.58. The van der Waals surface area contributed by atoms with Gasteiger partial charge in [-0.15, -0.1) is 0 Å². The summed E-state index contributed by atoms with van der Waals surface area (Å²) in [5.74, 6) is -0.00694. The van der Waals surface area contributed by atoms with Crippen LogP contribution in [0.25, 0.3) is 0 Å². The highest BCUT2D eigenvalue weighted by Crippen LogP contribution is 1.92. The highest BCUT2D eigenvalue weighted by molar-refractivity contribution is 5.94. The summed E-state index contributed by atoms with van der Waals surface area (Å²) in [5, 5.41) is 5.39. The minimum absolute atomic E-state index is 0.00694. The molecule has 0 aromatic carbocycles. The SMILES string of the molecule is CNC1=CCNC1=O. The highest BCUT2D eigenvalue weighted by atomic mass is 16.2.